The maximum absolute atomic E-state index is 5.99. The van der Waals surface area contributed by atoms with Crippen LogP contribution in [-0.2, 0) is 4.74 Å². The summed E-state index contributed by atoms with van der Waals surface area (Å²) >= 11 is 0. The quantitative estimate of drug-likeness (QED) is 0.755. The number of hydrogen-bond acceptors (Lipinski definition) is 2. The van der Waals surface area contributed by atoms with Crippen molar-refractivity contribution < 1.29 is 4.74 Å². The molecule has 0 aromatic rings. The van der Waals surface area contributed by atoms with Gasteiger partial charge in [0.05, 0.1) is 5.60 Å². The number of rotatable bonds is 4. The van der Waals surface area contributed by atoms with Crippen molar-refractivity contribution in [2.45, 2.75) is 58.5 Å². The molecule has 0 unspecified atom stereocenters. The van der Waals surface area contributed by atoms with E-state index in [-0.39, 0.29) is 5.60 Å². The topological polar surface area (TPSA) is 35.2 Å². The van der Waals surface area contributed by atoms with E-state index in [0.717, 1.165) is 25.9 Å². The van der Waals surface area contributed by atoms with Gasteiger partial charge in [-0.3, -0.25) is 0 Å². The molecule has 0 aromatic carbocycles. The zero-order chi connectivity index (χ0) is 10.7. The molecule has 0 saturated heterocycles. The Morgan fingerprint density at radius 1 is 1.21 bits per heavy atom. The molecule has 2 nitrogen and oxygen atoms in total. The number of hydrogen-bond donors (Lipinski definition) is 1. The zero-order valence-electron chi connectivity index (χ0n) is 9.94. The van der Waals surface area contributed by atoms with Crippen molar-refractivity contribution in [1.29, 1.82) is 0 Å². The van der Waals surface area contributed by atoms with E-state index >= 15 is 0 Å². The Morgan fingerprint density at radius 3 is 2.21 bits per heavy atom. The van der Waals surface area contributed by atoms with Crippen LogP contribution in [0.5, 0.6) is 0 Å². The van der Waals surface area contributed by atoms with E-state index in [0.29, 0.717) is 12.0 Å². The Balaban J connectivity index is 2.28. The van der Waals surface area contributed by atoms with Gasteiger partial charge in [0.2, 0.25) is 0 Å². The minimum absolute atomic E-state index is 0.0330. The van der Waals surface area contributed by atoms with Crippen molar-refractivity contribution in [3.05, 3.63) is 0 Å². The molecule has 0 amide bonds. The predicted molar refractivity (Wildman–Crippen MR) is 60.3 cm³/mol. The van der Waals surface area contributed by atoms with Gasteiger partial charge >= 0.3 is 0 Å². The van der Waals surface area contributed by atoms with Gasteiger partial charge in [0, 0.05) is 13.2 Å². The highest BCUT2D eigenvalue weighted by molar-refractivity contribution is 4.87. The fourth-order valence-corrected chi connectivity index (χ4v) is 2.00. The Labute approximate surface area is 88.2 Å². The van der Waals surface area contributed by atoms with E-state index in [1.165, 1.54) is 12.8 Å². The molecule has 0 spiro atoms. The molecule has 0 aliphatic heterocycles. The van der Waals surface area contributed by atoms with Gasteiger partial charge in [-0.25, -0.2) is 0 Å². The fourth-order valence-electron chi connectivity index (χ4n) is 2.00. The van der Waals surface area contributed by atoms with Crippen LogP contribution in [0.4, 0.5) is 0 Å². The van der Waals surface area contributed by atoms with Gasteiger partial charge in [-0.1, -0.05) is 33.6 Å². The highest BCUT2D eigenvalue weighted by Gasteiger charge is 2.33. The van der Waals surface area contributed by atoms with Gasteiger partial charge in [0.1, 0.15) is 0 Å². The van der Waals surface area contributed by atoms with Gasteiger partial charge in [-0.15, -0.1) is 0 Å². The largest absolute Gasteiger partial charge is 0.374 e. The second-order valence-electron chi connectivity index (χ2n) is 5.75. The first-order valence-corrected chi connectivity index (χ1v) is 5.82. The maximum Gasteiger partial charge on any atom is 0.0804 e. The van der Waals surface area contributed by atoms with Crippen molar-refractivity contribution in [3.8, 4) is 0 Å². The smallest absolute Gasteiger partial charge is 0.0804 e. The number of ether oxygens (including phenoxy) is 1. The van der Waals surface area contributed by atoms with E-state index in [2.05, 4.69) is 20.8 Å². The molecule has 1 aliphatic rings. The van der Waals surface area contributed by atoms with Crippen LogP contribution >= 0.6 is 0 Å². The second-order valence-corrected chi connectivity index (χ2v) is 5.75. The van der Waals surface area contributed by atoms with Gasteiger partial charge in [-0.05, 0) is 24.7 Å². The van der Waals surface area contributed by atoms with E-state index in [9.17, 15) is 0 Å². The molecule has 14 heavy (non-hydrogen) atoms. The first kappa shape index (κ1) is 12.0. The predicted octanol–water partition coefficient (Wildman–Crippen LogP) is 2.71. The average molecular weight is 199 g/mol. The lowest BCUT2D eigenvalue weighted by molar-refractivity contribution is -0.0425. The zero-order valence-corrected chi connectivity index (χ0v) is 9.94. The summed E-state index contributed by atoms with van der Waals surface area (Å²) in [5.74, 6) is 0. The fraction of sp³-hybridized carbons (Fsp3) is 1.00. The lowest BCUT2D eigenvalue weighted by Gasteiger charge is -2.29. The standard InChI is InChI=1S/C12H25NO/c1-11(2,3)8-9-14-12(10-13)6-4-5-7-12/h4-10,13H2,1-3H3. The molecule has 2 N–H and O–H groups in total. The third kappa shape index (κ3) is 3.58. The molecule has 84 valence electrons. The highest BCUT2D eigenvalue weighted by atomic mass is 16.5. The molecule has 0 atom stereocenters. The van der Waals surface area contributed by atoms with Crippen LogP contribution in [0.15, 0.2) is 0 Å². The van der Waals surface area contributed by atoms with Crippen LogP contribution in [0.25, 0.3) is 0 Å². The summed E-state index contributed by atoms with van der Waals surface area (Å²) < 4.78 is 5.99. The van der Waals surface area contributed by atoms with Gasteiger partial charge in [-0.2, -0.15) is 0 Å². The van der Waals surface area contributed by atoms with E-state index in [1.54, 1.807) is 0 Å². The minimum atomic E-state index is 0.0330. The van der Waals surface area contributed by atoms with Gasteiger partial charge in [0.15, 0.2) is 0 Å². The first-order chi connectivity index (χ1) is 6.47. The van der Waals surface area contributed by atoms with E-state index < -0.39 is 0 Å². The highest BCUT2D eigenvalue weighted by Crippen LogP contribution is 2.33. The van der Waals surface area contributed by atoms with Crippen molar-refractivity contribution in [3.63, 3.8) is 0 Å². The summed E-state index contributed by atoms with van der Waals surface area (Å²) in [6, 6.07) is 0. The molecule has 0 bridgehead atoms. The van der Waals surface area contributed by atoms with Crippen LogP contribution in [0.1, 0.15) is 52.9 Å². The van der Waals surface area contributed by atoms with Crippen molar-refractivity contribution in [1.82, 2.24) is 0 Å². The second kappa shape index (κ2) is 4.63. The van der Waals surface area contributed by atoms with Crippen molar-refractivity contribution in [2.24, 2.45) is 11.1 Å². The summed E-state index contributed by atoms with van der Waals surface area (Å²) in [4.78, 5) is 0. The molecular formula is C12H25NO. The molecule has 1 saturated carbocycles. The third-order valence-electron chi connectivity index (χ3n) is 3.15. The van der Waals surface area contributed by atoms with Crippen LogP contribution in [0.3, 0.4) is 0 Å². The number of nitrogens with two attached hydrogens (primary N) is 1. The lowest BCUT2D eigenvalue weighted by atomic mass is 9.92. The molecule has 1 rings (SSSR count). The van der Waals surface area contributed by atoms with Gasteiger partial charge in [0.25, 0.3) is 0 Å². The molecule has 1 fully saturated rings. The molecule has 2 heteroatoms. The Hall–Kier alpha value is -0.0800. The lowest BCUT2D eigenvalue weighted by Crippen LogP contribution is -2.38. The Bertz CT molecular complexity index is 166. The maximum atomic E-state index is 5.99. The summed E-state index contributed by atoms with van der Waals surface area (Å²) in [5.41, 5.74) is 6.20. The Kier molecular flexibility index (Phi) is 3.96. The van der Waals surface area contributed by atoms with Crippen LogP contribution < -0.4 is 5.73 Å². The molecular weight excluding hydrogens is 174 g/mol. The normalized spacial score (nSPS) is 21.4. The SMILES string of the molecule is CC(C)(C)CCOC1(CN)CCCC1. The summed E-state index contributed by atoms with van der Waals surface area (Å²) in [7, 11) is 0. The average Bonchev–Trinajstić information content (AvgIpc) is 2.52. The monoisotopic (exact) mass is 199 g/mol. The molecule has 0 aromatic heterocycles. The van der Waals surface area contributed by atoms with Crippen LogP contribution in [0, 0.1) is 5.41 Å². The third-order valence-corrected chi connectivity index (χ3v) is 3.15. The minimum Gasteiger partial charge on any atom is -0.374 e. The van der Waals surface area contributed by atoms with E-state index in [1.807, 2.05) is 0 Å². The summed E-state index contributed by atoms with van der Waals surface area (Å²) in [6.45, 7) is 8.30. The Morgan fingerprint density at radius 2 is 1.79 bits per heavy atom. The van der Waals surface area contributed by atoms with Crippen LogP contribution in [0.2, 0.25) is 0 Å². The van der Waals surface area contributed by atoms with Crippen LogP contribution in [-0.4, -0.2) is 18.8 Å². The molecule has 0 radical (unpaired) electrons. The first-order valence-electron chi connectivity index (χ1n) is 5.82. The molecule has 0 heterocycles. The molecule has 1 aliphatic carbocycles. The van der Waals surface area contributed by atoms with Crippen molar-refractivity contribution in [2.75, 3.05) is 13.2 Å². The van der Waals surface area contributed by atoms with Gasteiger partial charge < -0.3 is 10.5 Å². The van der Waals surface area contributed by atoms with E-state index in [4.69, 9.17) is 10.5 Å². The van der Waals surface area contributed by atoms with Crippen molar-refractivity contribution >= 4 is 0 Å². The summed E-state index contributed by atoms with van der Waals surface area (Å²) in [6.07, 6.45) is 6.01. The summed E-state index contributed by atoms with van der Waals surface area (Å²) in [5, 5.41) is 0.